The Morgan fingerprint density at radius 1 is 1.21 bits per heavy atom. The number of amides is 1. The van der Waals surface area contributed by atoms with Crippen LogP contribution in [0.25, 0.3) is 11.3 Å². The number of phenolic OH excluding ortho intramolecular Hbond substituents is 2. The van der Waals surface area contributed by atoms with Crippen LogP contribution in [0.5, 0.6) is 17.2 Å². The van der Waals surface area contributed by atoms with Crippen molar-refractivity contribution < 1.29 is 24.5 Å². The van der Waals surface area contributed by atoms with E-state index in [2.05, 4.69) is 10.2 Å². The maximum atomic E-state index is 13.3. The van der Waals surface area contributed by atoms with Gasteiger partial charge in [-0.25, -0.2) is 0 Å². The molecule has 33 heavy (non-hydrogen) atoms. The van der Waals surface area contributed by atoms with Crippen LogP contribution in [0, 0.1) is 6.92 Å². The highest BCUT2D eigenvalue weighted by molar-refractivity contribution is 6.31. The number of hydrogen-bond donors (Lipinski definition) is 3. The van der Waals surface area contributed by atoms with Gasteiger partial charge in [-0.3, -0.25) is 9.89 Å². The second-order valence-corrected chi connectivity index (χ2v) is 8.29. The van der Waals surface area contributed by atoms with Gasteiger partial charge in [-0.15, -0.1) is 0 Å². The van der Waals surface area contributed by atoms with Crippen LogP contribution in [0.2, 0.25) is 5.02 Å². The van der Waals surface area contributed by atoms with Gasteiger partial charge in [-0.05, 0) is 55.7 Å². The number of methoxy groups -OCH3 is 1. The minimum atomic E-state index is -0.502. The first-order valence-electron chi connectivity index (χ1n) is 10.7. The summed E-state index contributed by atoms with van der Waals surface area (Å²) in [7, 11) is 1.62. The second kappa shape index (κ2) is 9.33. The number of aromatic hydroxyl groups is 2. The van der Waals surface area contributed by atoms with E-state index in [1.165, 1.54) is 0 Å². The molecule has 0 saturated carbocycles. The summed E-state index contributed by atoms with van der Waals surface area (Å²) in [5, 5.41) is 28.6. The van der Waals surface area contributed by atoms with Gasteiger partial charge >= 0.3 is 0 Å². The predicted octanol–water partition coefficient (Wildman–Crippen LogP) is 4.43. The van der Waals surface area contributed by atoms with Crippen molar-refractivity contribution >= 4 is 17.5 Å². The first-order valence-corrected chi connectivity index (χ1v) is 11.1. The molecule has 0 saturated heterocycles. The number of nitrogens with zero attached hydrogens (tertiary/aromatic N) is 2. The quantitative estimate of drug-likeness (QED) is 0.419. The lowest BCUT2D eigenvalue weighted by Gasteiger charge is -2.27. The van der Waals surface area contributed by atoms with Crippen LogP contribution in [-0.2, 0) is 4.74 Å². The number of carbonyl (C=O) groups excluding carboxylic acids is 1. The monoisotopic (exact) mass is 471 g/mol. The molecule has 1 aromatic heterocycles. The molecule has 1 amide bonds. The molecule has 174 valence electrons. The van der Waals surface area contributed by atoms with Crippen molar-refractivity contribution in [2.45, 2.75) is 26.3 Å². The SMILES string of the molecule is CCOc1cc([C@@H]2c3c(-c4cc(Cl)c(C)cc4O)n[nH]c3C(=O)N2CCCOC)ccc1O. The summed E-state index contributed by atoms with van der Waals surface area (Å²) in [5.74, 6) is 0.176. The molecular weight excluding hydrogens is 446 g/mol. The lowest BCUT2D eigenvalue weighted by atomic mass is 9.95. The second-order valence-electron chi connectivity index (χ2n) is 7.89. The number of rotatable bonds is 8. The van der Waals surface area contributed by atoms with Crippen LogP contribution < -0.4 is 4.74 Å². The van der Waals surface area contributed by atoms with Crippen LogP contribution >= 0.6 is 11.6 Å². The van der Waals surface area contributed by atoms with Gasteiger partial charge in [0.25, 0.3) is 5.91 Å². The molecule has 2 heterocycles. The number of benzene rings is 2. The molecule has 3 aromatic rings. The number of aromatic nitrogens is 2. The summed E-state index contributed by atoms with van der Waals surface area (Å²) in [6.07, 6.45) is 0.643. The number of halogens is 1. The zero-order valence-corrected chi connectivity index (χ0v) is 19.4. The molecule has 1 atom stereocenters. The van der Waals surface area contributed by atoms with E-state index < -0.39 is 6.04 Å². The van der Waals surface area contributed by atoms with E-state index in [9.17, 15) is 15.0 Å². The van der Waals surface area contributed by atoms with Crippen molar-refractivity contribution in [1.29, 1.82) is 0 Å². The van der Waals surface area contributed by atoms with Crippen molar-refractivity contribution in [1.82, 2.24) is 15.1 Å². The molecule has 0 bridgehead atoms. The summed E-state index contributed by atoms with van der Waals surface area (Å²) in [6, 6.07) is 7.77. The molecule has 1 aliphatic rings. The molecule has 8 nitrogen and oxygen atoms in total. The van der Waals surface area contributed by atoms with E-state index in [-0.39, 0.29) is 17.4 Å². The minimum absolute atomic E-state index is 0.0199. The van der Waals surface area contributed by atoms with Crippen molar-refractivity contribution in [2.24, 2.45) is 0 Å². The van der Waals surface area contributed by atoms with E-state index in [0.717, 1.165) is 11.1 Å². The smallest absolute Gasteiger partial charge is 0.273 e. The highest BCUT2D eigenvalue weighted by Crippen LogP contribution is 2.46. The first-order chi connectivity index (χ1) is 15.9. The fourth-order valence-corrected chi connectivity index (χ4v) is 4.35. The Balaban J connectivity index is 1.87. The Kier molecular flexibility index (Phi) is 6.49. The standard InChI is InChI=1S/C24H26ClN3O5/c1-4-33-19-11-14(6-7-17(19)29)23-20-21(15-12-16(25)13(2)10-18(15)30)26-27-22(20)24(31)28(23)8-5-9-32-3/h6-7,10-12,23,29-30H,4-5,8-9H2,1-3H3,(H,26,27)/t23-/m1/s1. The third-order valence-corrected chi connectivity index (χ3v) is 6.15. The van der Waals surface area contributed by atoms with E-state index in [4.69, 9.17) is 21.1 Å². The lowest BCUT2D eigenvalue weighted by molar-refractivity contribution is 0.0723. The molecule has 3 N–H and O–H groups in total. The minimum Gasteiger partial charge on any atom is -0.507 e. The number of aryl methyl sites for hydroxylation is 1. The average Bonchev–Trinajstić information content (AvgIpc) is 3.32. The Bertz CT molecular complexity index is 1190. The van der Waals surface area contributed by atoms with Crippen molar-refractivity contribution in [2.75, 3.05) is 26.9 Å². The predicted molar refractivity (Wildman–Crippen MR) is 124 cm³/mol. The number of phenols is 2. The zero-order chi connectivity index (χ0) is 23.7. The molecule has 1 aliphatic heterocycles. The van der Waals surface area contributed by atoms with Crippen molar-refractivity contribution in [3.63, 3.8) is 0 Å². The molecule has 0 spiro atoms. The van der Waals surface area contributed by atoms with Gasteiger partial charge in [-0.2, -0.15) is 5.10 Å². The number of nitrogens with one attached hydrogen (secondary N) is 1. The van der Waals surface area contributed by atoms with Gasteiger partial charge in [0.15, 0.2) is 11.5 Å². The zero-order valence-electron chi connectivity index (χ0n) is 18.7. The Hall–Kier alpha value is -3.23. The molecule has 9 heteroatoms. The van der Waals surface area contributed by atoms with Gasteiger partial charge in [0.05, 0.1) is 12.6 Å². The van der Waals surface area contributed by atoms with E-state index >= 15 is 0 Å². The van der Waals surface area contributed by atoms with E-state index in [1.54, 1.807) is 49.3 Å². The maximum Gasteiger partial charge on any atom is 0.273 e. The maximum absolute atomic E-state index is 13.3. The third kappa shape index (κ3) is 4.12. The molecule has 4 rings (SSSR count). The van der Waals surface area contributed by atoms with Crippen LogP contribution in [-0.4, -0.2) is 58.1 Å². The van der Waals surface area contributed by atoms with E-state index in [1.807, 2.05) is 6.92 Å². The van der Waals surface area contributed by atoms with Gasteiger partial charge < -0.3 is 24.6 Å². The Morgan fingerprint density at radius 2 is 2.00 bits per heavy atom. The number of aromatic amines is 1. The van der Waals surface area contributed by atoms with Crippen LogP contribution in [0.3, 0.4) is 0 Å². The number of carbonyl (C=O) groups is 1. The summed E-state index contributed by atoms with van der Waals surface area (Å²) >= 11 is 6.34. The van der Waals surface area contributed by atoms with Crippen molar-refractivity contribution in [3.05, 3.63) is 57.7 Å². The number of ether oxygens (including phenoxy) is 2. The van der Waals surface area contributed by atoms with Crippen LogP contribution in [0.4, 0.5) is 0 Å². The fraction of sp³-hybridized carbons (Fsp3) is 0.333. The van der Waals surface area contributed by atoms with Gasteiger partial charge in [0, 0.05) is 36.4 Å². The molecule has 0 unspecified atom stereocenters. The lowest BCUT2D eigenvalue weighted by Crippen LogP contribution is -2.31. The number of hydrogen-bond acceptors (Lipinski definition) is 6. The van der Waals surface area contributed by atoms with Crippen LogP contribution in [0.1, 0.15) is 46.6 Å². The highest BCUT2D eigenvalue weighted by Gasteiger charge is 2.42. The van der Waals surface area contributed by atoms with Gasteiger partial charge in [-0.1, -0.05) is 17.7 Å². The highest BCUT2D eigenvalue weighted by atomic mass is 35.5. The summed E-state index contributed by atoms with van der Waals surface area (Å²) < 4.78 is 10.8. The molecule has 0 fully saturated rings. The summed E-state index contributed by atoms with van der Waals surface area (Å²) in [4.78, 5) is 15.1. The molecule has 0 radical (unpaired) electrons. The summed E-state index contributed by atoms with van der Waals surface area (Å²) in [5.41, 5.74) is 3.36. The largest absolute Gasteiger partial charge is 0.507 e. The molecule has 2 aromatic carbocycles. The van der Waals surface area contributed by atoms with Crippen molar-refractivity contribution in [3.8, 4) is 28.5 Å². The Labute approximate surface area is 196 Å². The molecule has 0 aliphatic carbocycles. The molecular formula is C24H26ClN3O5. The van der Waals surface area contributed by atoms with Gasteiger partial charge in [0.2, 0.25) is 0 Å². The Morgan fingerprint density at radius 3 is 2.73 bits per heavy atom. The average molecular weight is 472 g/mol. The number of fused-ring (bicyclic) bond motifs is 1. The topological polar surface area (TPSA) is 108 Å². The fourth-order valence-electron chi connectivity index (χ4n) is 4.19. The number of H-pyrrole nitrogens is 1. The normalized spacial score (nSPS) is 15.2. The van der Waals surface area contributed by atoms with Crippen LogP contribution in [0.15, 0.2) is 30.3 Å². The third-order valence-electron chi connectivity index (χ3n) is 5.74. The van der Waals surface area contributed by atoms with E-state index in [0.29, 0.717) is 59.5 Å². The first kappa shape index (κ1) is 22.9. The van der Waals surface area contributed by atoms with Gasteiger partial charge in [0.1, 0.15) is 17.1 Å². The summed E-state index contributed by atoms with van der Waals surface area (Å²) in [6.45, 7) is 4.97.